The van der Waals surface area contributed by atoms with Crippen LogP contribution >= 0.6 is 0 Å². The number of hydrogen-bond donors (Lipinski definition) is 1. The maximum absolute atomic E-state index is 13.1. The van der Waals surface area contributed by atoms with Crippen molar-refractivity contribution >= 4 is 5.91 Å². The monoisotopic (exact) mass is 282 g/mol. The van der Waals surface area contributed by atoms with Crippen molar-refractivity contribution < 1.29 is 14.3 Å². The van der Waals surface area contributed by atoms with Gasteiger partial charge in [-0.3, -0.25) is 4.79 Å². The number of amides is 1. The zero-order chi connectivity index (χ0) is 14.0. The Morgan fingerprint density at radius 3 is 2.80 bits per heavy atom. The minimum absolute atomic E-state index is 0.196. The molecule has 1 aliphatic carbocycles. The third-order valence-corrected chi connectivity index (χ3v) is 5.18. The number of nitrogens with one attached hydrogen (secondary N) is 1. The van der Waals surface area contributed by atoms with Crippen molar-refractivity contribution in [3.05, 3.63) is 0 Å². The van der Waals surface area contributed by atoms with E-state index in [9.17, 15) is 4.79 Å². The molecule has 5 nitrogen and oxygen atoms in total. The number of methoxy groups -OCH3 is 1. The normalized spacial score (nSPS) is 33.5. The molecular weight excluding hydrogens is 256 g/mol. The molecule has 0 aromatic rings. The minimum atomic E-state index is -0.607. The second-order valence-electron chi connectivity index (χ2n) is 6.21. The number of rotatable bonds is 2. The first-order valence-electron chi connectivity index (χ1n) is 7.95. The van der Waals surface area contributed by atoms with E-state index in [1.807, 2.05) is 0 Å². The topological polar surface area (TPSA) is 50.8 Å². The summed E-state index contributed by atoms with van der Waals surface area (Å²) in [6.45, 7) is 3.11. The molecule has 0 spiro atoms. The molecule has 1 amide bonds. The van der Waals surface area contributed by atoms with Crippen LogP contribution in [0.1, 0.15) is 38.5 Å². The molecule has 20 heavy (non-hydrogen) atoms. The van der Waals surface area contributed by atoms with E-state index in [2.05, 4.69) is 10.2 Å². The van der Waals surface area contributed by atoms with Gasteiger partial charge in [-0.05, 0) is 38.8 Å². The van der Waals surface area contributed by atoms with E-state index >= 15 is 0 Å². The van der Waals surface area contributed by atoms with Gasteiger partial charge < -0.3 is 19.7 Å². The zero-order valence-electron chi connectivity index (χ0n) is 12.4. The Morgan fingerprint density at radius 2 is 2.05 bits per heavy atom. The molecule has 114 valence electrons. The fourth-order valence-electron chi connectivity index (χ4n) is 3.95. The van der Waals surface area contributed by atoms with Gasteiger partial charge in [0.2, 0.25) is 0 Å². The summed E-state index contributed by atoms with van der Waals surface area (Å²) in [5.74, 6) is 0.196. The molecule has 1 saturated carbocycles. The highest BCUT2D eigenvalue weighted by atomic mass is 16.5. The van der Waals surface area contributed by atoms with E-state index in [0.717, 1.165) is 45.3 Å². The van der Waals surface area contributed by atoms with Crippen LogP contribution < -0.4 is 5.32 Å². The van der Waals surface area contributed by atoms with Crippen LogP contribution in [-0.2, 0) is 14.3 Å². The Morgan fingerprint density at radius 1 is 1.30 bits per heavy atom. The van der Waals surface area contributed by atoms with Gasteiger partial charge in [-0.2, -0.15) is 0 Å². The summed E-state index contributed by atoms with van der Waals surface area (Å²) in [6, 6.07) is 0.270. The molecular formula is C15H26N2O3. The van der Waals surface area contributed by atoms with Crippen molar-refractivity contribution in [2.75, 3.05) is 33.4 Å². The fourth-order valence-corrected chi connectivity index (χ4v) is 3.95. The van der Waals surface area contributed by atoms with Crippen LogP contribution in [-0.4, -0.2) is 61.9 Å². The van der Waals surface area contributed by atoms with E-state index in [1.54, 1.807) is 7.11 Å². The number of morpholine rings is 1. The van der Waals surface area contributed by atoms with Gasteiger partial charge in [0.1, 0.15) is 5.60 Å². The Hall–Kier alpha value is -0.650. The lowest BCUT2D eigenvalue weighted by atomic mass is 9.86. The third-order valence-electron chi connectivity index (χ3n) is 5.18. The van der Waals surface area contributed by atoms with E-state index in [0.29, 0.717) is 6.61 Å². The van der Waals surface area contributed by atoms with Crippen LogP contribution in [0, 0.1) is 0 Å². The van der Waals surface area contributed by atoms with E-state index in [4.69, 9.17) is 9.47 Å². The molecule has 2 saturated heterocycles. The van der Waals surface area contributed by atoms with Crippen molar-refractivity contribution in [1.82, 2.24) is 10.2 Å². The van der Waals surface area contributed by atoms with E-state index in [-0.39, 0.29) is 18.1 Å². The highest BCUT2D eigenvalue weighted by molar-refractivity contribution is 5.86. The lowest BCUT2D eigenvalue weighted by Crippen LogP contribution is -2.62. The highest BCUT2D eigenvalue weighted by Crippen LogP contribution is 2.33. The molecule has 2 heterocycles. The minimum Gasteiger partial charge on any atom is -0.374 e. The van der Waals surface area contributed by atoms with Crippen molar-refractivity contribution in [1.29, 1.82) is 0 Å². The molecule has 0 bridgehead atoms. The summed E-state index contributed by atoms with van der Waals surface area (Å²) in [7, 11) is 1.68. The van der Waals surface area contributed by atoms with Crippen molar-refractivity contribution in [2.45, 2.75) is 56.3 Å². The fraction of sp³-hybridized carbons (Fsp3) is 0.933. The van der Waals surface area contributed by atoms with Crippen molar-refractivity contribution in [2.24, 2.45) is 0 Å². The summed E-state index contributed by atoms with van der Waals surface area (Å²) < 4.78 is 11.6. The van der Waals surface area contributed by atoms with Gasteiger partial charge in [0.15, 0.2) is 0 Å². The number of fused-ring (bicyclic) bond motifs is 1. The molecule has 3 aliphatic rings. The predicted octanol–water partition coefficient (Wildman–Crippen LogP) is 0.925. The average Bonchev–Trinajstić information content (AvgIpc) is 2.54. The molecule has 2 aliphatic heterocycles. The summed E-state index contributed by atoms with van der Waals surface area (Å²) >= 11 is 0. The van der Waals surface area contributed by atoms with Gasteiger partial charge in [0.05, 0.1) is 18.8 Å². The van der Waals surface area contributed by atoms with Gasteiger partial charge in [-0.25, -0.2) is 0 Å². The molecule has 3 fully saturated rings. The molecule has 1 N–H and O–H groups in total. The summed E-state index contributed by atoms with van der Waals surface area (Å²) in [5.41, 5.74) is -0.607. The summed E-state index contributed by atoms with van der Waals surface area (Å²) in [4.78, 5) is 15.2. The summed E-state index contributed by atoms with van der Waals surface area (Å²) in [5, 5.41) is 3.31. The quantitative estimate of drug-likeness (QED) is 0.818. The van der Waals surface area contributed by atoms with Crippen molar-refractivity contribution in [3.63, 3.8) is 0 Å². The van der Waals surface area contributed by atoms with E-state index in [1.165, 1.54) is 12.8 Å². The van der Waals surface area contributed by atoms with Crippen LogP contribution in [0.4, 0.5) is 0 Å². The smallest absolute Gasteiger partial charge is 0.255 e. The van der Waals surface area contributed by atoms with Gasteiger partial charge >= 0.3 is 0 Å². The number of carbonyl (C=O) groups is 1. The lowest BCUT2D eigenvalue weighted by Gasteiger charge is -2.47. The average molecular weight is 282 g/mol. The van der Waals surface area contributed by atoms with Gasteiger partial charge in [-0.15, -0.1) is 0 Å². The van der Waals surface area contributed by atoms with Crippen molar-refractivity contribution in [3.8, 4) is 0 Å². The number of carbonyl (C=O) groups excluding carboxylic acids is 1. The van der Waals surface area contributed by atoms with Crippen LogP contribution in [0.2, 0.25) is 0 Å². The highest BCUT2D eigenvalue weighted by Gasteiger charge is 2.46. The Balaban J connectivity index is 1.77. The molecule has 3 rings (SSSR count). The number of ether oxygens (including phenoxy) is 2. The second kappa shape index (κ2) is 6.00. The van der Waals surface area contributed by atoms with Gasteiger partial charge in [0.25, 0.3) is 5.91 Å². The SMILES string of the molecule is COC1(C(=O)N2CCOC3CCCCC32)CCNCC1. The zero-order valence-corrected chi connectivity index (χ0v) is 12.4. The molecule has 0 aromatic heterocycles. The Kier molecular flexibility index (Phi) is 4.29. The standard InChI is InChI=1S/C15H26N2O3/c1-19-15(6-8-16-9-7-15)14(18)17-10-11-20-13-5-3-2-4-12(13)17/h12-13,16H,2-11H2,1H3. The first-order valence-corrected chi connectivity index (χ1v) is 7.95. The molecule has 0 aromatic carbocycles. The predicted molar refractivity (Wildman–Crippen MR) is 75.6 cm³/mol. The number of hydrogen-bond acceptors (Lipinski definition) is 4. The summed E-state index contributed by atoms with van der Waals surface area (Å²) in [6.07, 6.45) is 6.40. The van der Waals surface area contributed by atoms with Crippen LogP contribution in [0.5, 0.6) is 0 Å². The second-order valence-corrected chi connectivity index (χ2v) is 6.21. The van der Waals surface area contributed by atoms with Gasteiger partial charge in [-0.1, -0.05) is 12.8 Å². The number of nitrogens with zero attached hydrogens (tertiary/aromatic N) is 1. The molecule has 5 heteroatoms. The van der Waals surface area contributed by atoms with Crippen LogP contribution in [0.15, 0.2) is 0 Å². The maximum atomic E-state index is 13.1. The Bertz CT molecular complexity index is 353. The Labute approximate surface area is 121 Å². The maximum Gasteiger partial charge on any atom is 0.255 e. The molecule has 2 atom stereocenters. The van der Waals surface area contributed by atoms with Gasteiger partial charge in [0, 0.05) is 13.7 Å². The lowest BCUT2D eigenvalue weighted by molar-refractivity contribution is -0.174. The van der Waals surface area contributed by atoms with Crippen LogP contribution in [0.3, 0.4) is 0 Å². The van der Waals surface area contributed by atoms with Crippen LogP contribution in [0.25, 0.3) is 0 Å². The largest absolute Gasteiger partial charge is 0.374 e. The first kappa shape index (κ1) is 14.3. The number of piperidine rings is 1. The molecule has 0 radical (unpaired) electrons. The first-order chi connectivity index (χ1) is 9.77. The molecule has 2 unspecified atom stereocenters. The van der Waals surface area contributed by atoms with E-state index < -0.39 is 5.60 Å². The third kappa shape index (κ3) is 2.47.